The zero-order chi connectivity index (χ0) is 24.0. The van der Waals surface area contributed by atoms with Gasteiger partial charge in [0.05, 0.1) is 19.3 Å². The molecule has 186 valence electrons. The first-order valence-corrected chi connectivity index (χ1v) is 12.4. The first-order valence-electron chi connectivity index (χ1n) is 12.4. The van der Waals surface area contributed by atoms with Gasteiger partial charge in [-0.1, -0.05) is 13.0 Å². The van der Waals surface area contributed by atoms with Gasteiger partial charge in [-0.2, -0.15) is 0 Å². The van der Waals surface area contributed by atoms with E-state index in [4.69, 9.17) is 9.47 Å². The van der Waals surface area contributed by atoms with Gasteiger partial charge in [0, 0.05) is 38.6 Å². The Hall–Kier alpha value is -2.42. The second kappa shape index (κ2) is 11.3. The first-order chi connectivity index (χ1) is 16.4. The number of likely N-dealkylation sites (tertiary alicyclic amines) is 1. The maximum Gasteiger partial charge on any atom is 0.225 e. The Morgan fingerprint density at radius 1 is 1.15 bits per heavy atom. The molecule has 2 aliphatic heterocycles. The molecule has 2 aromatic rings. The lowest BCUT2D eigenvalue weighted by Gasteiger charge is -2.30. The molecular weight excluding hydrogens is 430 g/mol. The van der Waals surface area contributed by atoms with Crippen molar-refractivity contribution < 1.29 is 14.6 Å². The van der Waals surface area contributed by atoms with Gasteiger partial charge in [-0.05, 0) is 69.1 Å². The fraction of sp³-hybridized carbons (Fsp3) is 0.615. The number of hydrogen-bond donors (Lipinski definition) is 1. The van der Waals surface area contributed by atoms with Crippen LogP contribution in [0.3, 0.4) is 0 Å². The van der Waals surface area contributed by atoms with E-state index in [1.54, 1.807) is 25.6 Å². The second-order valence-electron chi connectivity index (χ2n) is 9.97. The van der Waals surface area contributed by atoms with Gasteiger partial charge in [-0.15, -0.1) is 0 Å². The summed E-state index contributed by atoms with van der Waals surface area (Å²) in [4.78, 5) is 15.3. The number of aromatic nitrogens is 2. The summed E-state index contributed by atoms with van der Waals surface area (Å²) in [7, 11) is 3.72. The molecule has 2 saturated heterocycles. The molecule has 1 atom stereocenters. The standard InChI is InChI=1S/C26H39N5O3/c1-21-7-12-30(13-8-21)15-16-34-23-6-5-22(17-24(23)33-3)18-29(2)19-26(32)9-14-31(20-26)25-27-10-4-11-28-25/h4-6,10-11,17,21,32H,7-9,12-16,18-20H2,1-3H3/t26-/m0/s1. The molecule has 1 N–H and O–H groups in total. The Morgan fingerprint density at radius 3 is 2.65 bits per heavy atom. The molecule has 2 fully saturated rings. The number of piperidine rings is 1. The van der Waals surface area contributed by atoms with Gasteiger partial charge in [0.2, 0.25) is 5.95 Å². The summed E-state index contributed by atoms with van der Waals surface area (Å²) in [6, 6.07) is 7.93. The van der Waals surface area contributed by atoms with E-state index < -0.39 is 5.60 Å². The molecule has 1 aromatic carbocycles. The Labute approximate surface area is 203 Å². The van der Waals surface area contributed by atoms with Crippen LogP contribution >= 0.6 is 0 Å². The number of ether oxygens (including phenoxy) is 2. The summed E-state index contributed by atoms with van der Waals surface area (Å²) in [6.45, 7) is 8.85. The van der Waals surface area contributed by atoms with Gasteiger partial charge in [-0.25, -0.2) is 9.97 Å². The number of benzene rings is 1. The highest BCUT2D eigenvalue weighted by Crippen LogP contribution is 2.30. The van der Waals surface area contributed by atoms with E-state index in [1.807, 2.05) is 24.1 Å². The molecule has 8 nitrogen and oxygen atoms in total. The summed E-state index contributed by atoms with van der Waals surface area (Å²) in [6.07, 6.45) is 6.72. The summed E-state index contributed by atoms with van der Waals surface area (Å²) < 4.78 is 11.7. The van der Waals surface area contributed by atoms with E-state index >= 15 is 0 Å². The van der Waals surface area contributed by atoms with Gasteiger partial charge in [-0.3, -0.25) is 9.80 Å². The fourth-order valence-corrected chi connectivity index (χ4v) is 4.98. The predicted octanol–water partition coefficient (Wildman–Crippen LogP) is 2.67. The molecule has 0 radical (unpaired) electrons. The van der Waals surface area contributed by atoms with E-state index in [0.29, 0.717) is 38.6 Å². The molecule has 1 aromatic heterocycles. The molecular formula is C26H39N5O3. The van der Waals surface area contributed by atoms with Crippen LogP contribution in [0, 0.1) is 5.92 Å². The van der Waals surface area contributed by atoms with Crippen molar-refractivity contribution in [3.05, 3.63) is 42.2 Å². The van der Waals surface area contributed by atoms with Crippen molar-refractivity contribution in [2.75, 3.05) is 64.9 Å². The van der Waals surface area contributed by atoms with Gasteiger partial charge >= 0.3 is 0 Å². The lowest BCUT2D eigenvalue weighted by molar-refractivity contribution is 0.0279. The molecule has 0 spiro atoms. The number of anilines is 1. The molecule has 0 aliphatic carbocycles. The molecule has 4 rings (SSSR count). The van der Waals surface area contributed by atoms with E-state index in [2.05, 4.69) is 32.8 Å². The number of nitrogens with zero attached hydrogens (tertiary/aromatic N) is 5. The maximum absolute atomic E-state index is 11.1. The van der Waals surface area contributed by atoms with Crippen LogP contribution in [0.1, 0.15) is 31.7 Å². The maximum atomic E-state index is 11.1. The van der Waals surface area contributed by atoms with Crippen LogP contribution in [0.5, 0.6) is 11.5 Å². The number of aliphatic hydroxyl groups is 1. The lowest BCUT2D eigenvalue weighted by atomic mass is 9.99. The molecule has 0 saturated carbocycles. The van der Waals surface area contributed by atoms with Crippen molar-refractivity contribution in [1.82, 2.24) is 19.8 Å². The highest BCUT2D eigenvalue weighted by molar-refractivity contribution is 5.43. The third-order valence-electron chi connectivity index (χ3n) is 6.95. The zero-order valence-electron chi connectivity index (χ0n) is 20.8. The SMILES string of the molecule is COc1cc(CN(C)C[C@@]2(O)CCN(c3ncccn3)C2)ccc1OCCN1CCC(C)CC1. The molecule has 2 aliphatic rings. The van der Waals surface area contributed by atoms with Crippen LogP contribution in [0.25, 0.3) is 0 Å². The zero-order valence-corrected chi connectivity index (χ0v) is 20.8. The van der Waals surface area contributed by atoms with E-state index in [-0.39, 0.29) is 0 Å². The third kappa shape index (κ3) is 6.58. The smallest absolute Gasteiger partial charge is 0.225 e. The largest absolute Gasteiger partial charge is 0.493 e. The molecule has 3 heterocycles. The number of likely N-dealkylation sites (N-methyl/N-ethyl adjacent to an activating group) is 1. The Morgan fingerprint density at radius 2 is 1.91 bits per heavy atom. The van der Waals surface area contributed by atoms with Crippen molar-refractivity contribution in [3.8, 4) is 11.5 Å². The van der Waals surface area contributed by atoms with Gasteiger partial charge < -0.3 is 19.5 Å². The van der Waals surface area contributed by atoms with E-state index in [1.165, 1.54) is 12.8 Å². The summed E-state index contributed by atoms with van der Waals surface area (Å²) >= 11 is 0. The van der Waals surface area contributed by atoms with Crippen molar-refractivity contribution in [1.29, 1.82) is 0 Å². The van der Waals surface area contributed by atoms with Crippen molar-refractivity contribution in [2.45, 2.75) is 38.3 Å². The Kier molecular flexibility index (Phi) is 8.24. The van der Waals surface area contributed by atoms with Crippen molar-refractivity contribution >= 4 is 5.95 Å². The summed E-state index contributed by atoms with van der Waals surface area (Å²) in [5.74, 6) is 3.06. The molecule has 8 heteroatoms. The van der Waals surface area contributed by atoms with Gasteiger partial charge in [0.25, 0.3) is 0 Å². The minimum absolute atomic E-state index is 0.535. The Bertz CT molecular complexity index is 907. The van der Waals surface area contributed by atoms with Crippen LogP contribution in [-0.2, 0) is 6.54 Å². The molecule has 0 bridgehead atoms. The van der Waals surface area contributed by atoms with Gasteiger partial charge in [0.1, 0.15) is 6.61 Å². The monoisotopic (exact) mass is 469 g/mol. The first kappa shape index (κ1) is 24.7. The number of rotatable bonds is 10. The minimum atomic E-state index is -0.784. The van der Waals surface area contributed by atoms with E-state index in [9.17, 15) is 5.11 Å². The third-order valence-corrected chi connectivity index (χ3v) is 6.95. The molecule has 34 heavy (non-hydrogen) atoms. The van der Waals surface area contributed by atoms with Gasteiger partial charge in [0.15, 0.2) is 11.5 Å². The normalized spacial score (nSPS) is 21.9. The summed E-state index contributed by atoms with van der Waals surface area (Å²) in [5.41, 5.74) is 0.342. The van der Waals surface area contributed by atoms with Crippen LogP contribution in [0.2, 0.25) is 0 Å². The van der Waals surface area contributed by atoms with E-state index in [0.717, 1.165) is 49.2 Å². The lowest BCUT2D eigenvalue weighted by Crippen LogP contribution is -2.43. The minimum Gasteiger partial charge on any atom is -0.493 e. The van der Waals surface area contributed by atoms with Crippen LogP contribution in [-0.4, -0.2) is 90.5 Å². The van der Waals surface area contributed by atoms with Crippen LogP contribution in [0.4, 0.5) is 5.95 Å². The fourth-order valence-electron chi connectivity index (χ4n) is 4.98. The van der Waals surface area contributed by atoms with Crippen molar-refractivity contribution in [3.63, 3.8) is 0 Å². The summed E-state index contributed by atoms with van der Waals surface area (Å²) in [5, 5.41) is 11.1. The predicted molar refractivity (Wildman–Crippen MR) is 133 cm³/mol. The molecule has 0 unspecified atom stereocenters. The second-order valence-corrected chi connectivity index (χ2v) is 9.97. The average molecular weight is 470 g/mol. The van der Waals surface area contributed by atoms with Crippen LogP contribution < -0.4 is 14.4 Å². The Balaban J connectivity index is 1.27. The van der Waals surface area contributed by atoms with Crippen molar-refractivity contribution in [2.24, 2.45) is 5.92 Å². The number of β-amino-alcohol motifs (C(OH)–C–C–N with tert-alkyl or cyclic N) is 1. The highest BCUT2D eigenvalue weighted by Gasteiger charge is 2.38. The number of hydrogen-bond acceptors (Lipinski definition) is 8. The molecule has 0 amide bonds. The topological polar surface area (TPSA) is 74.2 Å². The quantitative estimate of drug-likeness (QED) is 0.569. The average Bonchev–Trinajstić information content (AvgIpc) is 3.23. The number of methoxy groups -OCH3 is 1. The van der Waals surface area contributed by atoms with Crippen LogP contribution in [0.15, 0.2) is 36.7 Å². The highest BCUT2D eigenvalue weighted by atomic mass is 16.5.